The van der Waals surface area contributed by atoms with Gasteiger partial charge in [-0.2, -0.15) is 4.98 Å². The van der Waals surface area contributed by atoms with E-state index in [-0.39, 0.29) is 18.1 Å². The van der Waals surface area contributed by atoms with Gasteiger partial charge in [0.2, 0.25) is 11.1 Å². The number of phenolic OH excluding ortho intramolecular Hbond substituents is 1. The number of phenols is 1. The first-order chi connectivity index (χ1) is 17.3. The number of nitrogens with one attached hydrogen (secondary N) is 1. The number of ether oxygens (including phenoxy) is 2. The highest BCUT2D eigenvalue weighted by Crippen LogP contribution is 2.43. The van der Waals surface area contributed by atoms with Crippen LogP contribution in [0, 0.1) is 0 Å². The lowest BCUT2D eigenvalue weighted by Crippen LogP contribution is -2.29. The van der Waals surface area contributed by atoms with Gasteiger partial charge in [0, 0.05) is 16.5 Å². The Morgan fingerprint density at radius 3 is 2.89 bits per heavy atom. The van der Waals surface area contributed by atoms with Gasteiger partial charge in [0.05, 0.1) is 16.7 Å². The van der Waals surface area contributed by atoms with Crippen LogP contribution in [0.2, 0.25) is 5.02 Å². The van der Waals surface area contributed by atoms with E-state index in [2.05, 4.69) is 32.8 Å². The highest BCUT2D eigenvalue weighted by atomic mass is 79.9. The van der Waals surface area contributed by atoms with Crippen LogP contribution in [0.15, 0.2) is 70.0 Å². The van der Waals surface area contributed by atoms with Crippen LogP contribution < -0.4 is 10.1 Å². The number of halogens is 2. The van der Waals surface area contributed by atoms with Gasteiger partial charge in [-0.15, -0.1) is 5.10 Å². The van der Waals surface area contributed by atoms with Gasteiger partial charge in [0.15, 0.2) is 11.5 Å². The Hall–Kier alpha value is -2.95. The SMILES string of the molecule is C=CCOC(=O)C1=C(C)Nc2nc(SCc3ccccc3Cl)nn2C1c1cc(Br)c(O)c(OCC)c1. The Bertz CT molecular complexity index is 1340. The van der Waals surface area contributed by atoms with Gasteiger partial charge in [-0.3, -0.25) is 0 Å². The number of esters is 1. The van der Waals surface area contributed by atoms with Crippen LogP contribution in [0.1, 0.15) is 31.0 Å². The van der Waals surface area contributed by atoms with E-state index < -0.39 is 12.0 Å². The Morgan fingerprint density at radius 1 is 1.39 bits per heavy atom. The molecule has 1 aromatic heterocycles. The summed E-state index contributed by atoms with van der Waals surface area (Å²) in [7, 11) is 0. The fraction of sp³-hybridized carbons (Fsp3) is 0.240. The van der Waals surface area contributed by atoms with Crippen LogP contribution in [0.25, 0.3) is 0 Å². The maximum atomic E-state index is 13.1. The maximum Gasteiger partial charge on any atom is 0.338 e. The lowest BCUT2D eigenvalue weighted by molar-refractivity contribution is -0.138. The van der Waals surface area contributed by atoms with Crippen molar-refractivity contribution < 1.29 is 19.4 Å². The third kappa shape index (κ3) is 5.40. The Labute approximate surface area is 226 Å². The zero-order valence-corrected chi connectivity index (χ0v) is 22.8. The number of benzene rings is 2. The summed E-state index contributed by atoms with van der Waals surface area (Å²) in [6.45, 7) is 7.65. The number of rotatable bonds is 9. The van der Waals surface area contributed by atoms with Crippen molar-refractivity contribution in [2.45, 2.75) is 30.8 Å². The molecule has 1 unspecified atom stereocenters. The van der Waals surface area contributed by atoms with Crippen molar-refractivity contribution in [2.24, 2.45) is 0 Å². The summed E-state index contributed by atoms with van der Waals surface area (Å²) >= 11 is 11.1. The number of allylic oxidation sites excluding steroid dienone is 1. The summed E-state index contributed by atoms with van der Waals surface area (Å²) in [6, 6.07) is 10.3. The predicted octanol–water partition coefficient (Wildman–Crippen LogP) is 6.11. The van der Waals surface area contributed by atoms with Gasteiger partial charge in [-0.25, -0.2) is 9.48 Å². The van der Waals surface area contributed by atoms with Crippen LogP contribution >= 0.6 is 39.3 Å². The molecule has 0 aliphatic carbocycles. The molecule has 3 aromatic rings. The molecule has 0 bridgehead atoms. The number of thioether (sulfide) groups is 1. The number of hydrogen-bond acceptors (Lipinski definition) is 8. The molecule has 0 radical (unpaired) electrons. The molecule has 1 atom stereocenters. The number of nitrogens with zero attached hydrogens (tertiary/aromatic N) is 3. The van der Waals surface area contributed by atoms with E-state index in [1.165, 1.54) is 17.8 Å². The third-order valence-corrected chi connectivity index (χ3v) is 7.23. The zero-order chi connectivity index (χ0) is 25.8. The minimum Gasteiger partial charge on any atom is -0.503 e. The Kier molecular flexibility index (Phi) is 8.28. The first-order valence-corrected chi connectivity index (χ1v) is 13.2. The van der Waals surface area contributed by atoms with Crippen LogP contribution in [0.5, 0.6) is 11.5 Å². The average Bonchev–Trinajstić information content (AvgIpc) is 3.26. The fourth-order valence-electron chi connectivity index (χ4n) is 3.75. The summed E-state index contributed by atoms with van der Waals surface area (Å²) in [5, 5.41) is 19.5. The lowest BCUT2D eigenvalue weighted by Gasteiger charge is -2.28. The predicted molar refractivity (Wildman–Crippen MR) is 144 cm³/mol. The molecule has 11 heteroatoms. The summed E-state index contributed by atoms with van der Waals surface area (Å²) in [5.74, 6) is 0.793. The summed E-state index contributed by atoms with van der Waals surface area (Å²) in [4.78, 5) is 17.8. The van der Waals surface area contributed by atoms with E-state index >= 15 is 0 Å². The molecule has 0 spiro atoms. The second kappa shape index (κ2) is 11.4. The van der Waals surface area contributed by atoms with Gasteiger partial charge >= 0.3 is 5.97 Å². The van der Waals surface area contributed by atoms with Crippen molar-refractivity contribution >= 4 is 51.2 Å². The summed E-state index contributed by atoms with van der Waals surface area (Å²) < 4.78 is 13.1. The van der Waals surface area contributed by atoms with Crippen molar-refractivity contribution in [3.8, 4) is 11.5 Å². The topological polar surface area (TPSA) is 98.5 Å². The number of aromatic hydroxyl groups is 1. The highest BCUT2D eigenvalue weighted by molar-refractivity contribution is 9.10. The quantitative estimate of drug-likeness (QED) is 0.175. The summed E-state index contributed by atoms with van der Waals surface area (Å²) in [5.41, 5.74) is 2.56. The average molecular weight is 592 g/mol. The number of carbonyl (C=O) groups is 1. The van der Waals surface area contributed by atoms with Gasteiger partial charge < -0.3 is 19.9 Å². The van der Waals surface area contributed by atoms with Gasteiger partial charge in [-0.05, 0) is 59.1 Å². The molecule has 1 aliphatic heterocycles. The van der Waals surface area contributed by atoms with E-state index in [1.807, 2.05) is 31.2 Å². The number of carbonyl (C=O) groups excluding carboxylic acids is 1. The van der Waals surface area contributed by atoms with E-state index in [9.17, 15) is 9.90 Å². The van der Waals surface area contributed by atoms with E-state index in [1.54, 1.807) is 23.7 Å². The number of hydrogen-bond donors (Lipinski definition) is 2. The van der Waals surface area contributed by atoms with Crippen LogP contribution in [0.3, 0.4) is 0 Å². The molecular weight excluding hydrogens is 568 g/mol. The monoisotopic (exact) mass is 590 g/mol. The number of aromatic nitrogens is 3. The third-order valence-electron chi connectivity index (χ3n) is 5.37. The number of anilines is 1. The minimum absolute atomic E-state index is 0.0270. The smallest absolute Gasteiger partial charge is 0.338 e. The summed E-state index contributed by atoms with van der Waals surface area (Å²) in [6.07, 6.45) is 1.51. The molecule has 1 aliphatic rings. The normalized spacial score (nSPS) is 14.7. The molecule has 4 rings (SSSR count). The largest absolute Gasteiger partial charge is 0.503 e. The lowest BCUT2D eigenvalue weighted by atomic mass is 9.95. The Morgan fingerprint density at radius 2 is 2.17 bits per heavy atom. The van der Waals surface area contributed by atoms with Crippen LogP contribution in [-0.4, -0.2) is 39.1 Å². The zero-order valence-electron chi connectivity index (χ0n) is 19.6. The van der Waals surface area contributed by atoms with E-state index in [0.29, 0.717) is 49.8 Å². The Balaban J connectivity index is 1.77. The molecule has 2 aromatic carbocycles. The van der Waals surface area contributed by atoms with Crippen molar-refractivity contribution in [3.63, 3.8) is 0 Å². The second-order valence-electron chi connectivity index (χ2n) is 7.78. The van der Waals surface area contributed by atoms with Crippen molar-refractivity contribution in [3.05, 3.63) is 80.9 Å². The van der Waals surface area contributed by atoms with Gasteiger partial charge in [-0.1, -0.05) is 54.2 Å². The number of fused-ring (bicyclic) bond motifs is 1. The first-order valence-electron chi connectivity index (χ1n) is 11.1. The van der Waals surface area contributed by atoms with Gasteiger partial charge in [0.25, 0.3) is 0 Å². The first kappa shape index (κ1) is 26.1. The molecule has 188 valence electrons. The molecule has 8 nitrogen and oxygen atoms in total. The molecule has 2 heterocycles. The molecule has 2 N–H and O–H groups in total. The van der Waals surface area contributed by atoms with Gasteiger partial charge in [0.1, 0.15) is 12.6 Å². The standard InChI is InChI=1S/C25H24BrClN4O4S/c1-4-10-35-23(33)20-14(3)28-24-29-25(36-13-15-8-6-7-9-18(15)27)30-31(24)21(20)16-11-17(26)22(32)19(12-16)34-5-2/h4,6-9,11-12,21,32H,1,5,10,13H2,2-3H3,(H,28,29,30). The minimum atomic E-state index is -0.683. The molecule has 36 heavy (non-hydrogen) atoms. The molecule has 0 fully saturated rings. The maximum absolute atomic E-state index is 13.1. The molecule has 0 saturated carbocycles. The van der Waals surface area contributed by atoms with Crippen molar-refractivity contribution in [1.82, 2.24) is 14.8 Å². The fourth-order valence-corrected chi connectivity index (χ4v) is 5.33. The molecule has 0 saturated heterocycles. The second-order valence-corrected chi connectivity index (χ2v) is 9.98. The van der Waals surface area contributed by atoms with Crippen molar-refractivity contribution in [1.29, 1.82) is 0 Å². The van der Waals surface area contributed by atoms with E-state index in [4.69, 9.17) is 26.2 Å². The van der Waals surface area contributed by atoms with Crippen molar-refractivity contribution in [2.75, 3.05) is 18.5 Å². The van der Waals surface area contributed by atoms with Crippen LogP contribution in [0.4, 0.5) is 5.95 Å². The molecule has 0 amide bonds. The highest BCUT2D eigenvalue weighted by Gasteiger charge is 2.36. The van der Waals surface area contributed by atoms with Crippen LogP contribution in [-0.2, 0) is 15.3 Å². The van der Waals surface area contributed by atoms with E-state index in [0.717, 1.165) is 5.56 Å². The molecular formula is C25H24BrClN4O4S.